The number of fused-ring (bicyclic) bond motifs is 4. The number of carbonyl (C=O) groups excluding carboxylic acids is 3. The quantitative estimate of drug-likeness (QED) is 0.574. The Balaban J connectivity index is 1.30. The van der Waals surface area contributed by atoms with E-state index in [9.17, 15) is 19.2 Å². The Morgan fingerprint density at radius 2 is 1.81 bits per heavy atom. The van der Waals surface area contributed by atoms with Crippen LogP contribution in [0.2, 0.25) is 0 Å². The van der Waals surface area contributed by atoms with Crippen molar-refractivity contribution in [1.82, 2.24) is 14.9 Å². The highest BCUT2D eigenvalue weighted by molar-refractivity contribution is 7.18. The van der Waals surface area contributed by atoms with Gasteiger partial charge in [0.1, 0.15) is 23.3 Å². The SMILES string of the molecule is C[C@H](C(=O)OCc1nc2sc3c(c2c(=O)[nH]1)CCCC3)N1C(=O)[C@@H]2CCCC[C@H]2C1=O. The number of likely N-dealkylation sites (tertiary alicyclic amines) is 1. The molecule has 0 radical (unpaired) electrons. The van der Waals surface area contributed by atoms with Gasteiger partial charge in [-0.3, -0.25) is 19.3 Å². The summed E-state index contributed by atoms with van der Waals surface area (Å²) in [5.74, 6) is -1.55. The largest absolute Gasteiger partial charge is 0.456 e. The lowest BCUT2D eigenvalue weighted by Crippen LogP contribution is -2.44. The number of esters is 1. The normalized spacial score (nSPS) is 24.2. The first-order valence-electron chi connectivity index (χ1n) is 11.0. The number of carbonyl (C=O) groups is 3. The molecule has 5 rings (SSSR count). The molecule has 2 aromatic rings. The van der Waals surface area contributed by atoms with E-state index < -0.39 is 12.0 Å². The lowest BCUT2D eigenvalue weighted by atomic mass is 9.81. The van der Waals surface area contributed by atoms with Gasteiger partial charge in [-0.2, -0.15) is 0 Å². The Hall–Kier alpha value is -2.55. The maximum Gasteiger partial charge on any atom is 0.329 e. The van der Waals surface area contributed by atoms with Crippen LogP contribution in [0.15, 0.2) is 4.79 Å². The highest BCUT2D eigenvalue weighted by Crippen LogP contribution is 2.39. The topological polar surface area (TPSA) is 109 Å². The van der Waals surface area contributed by atoms with Crippen molar-refractivity contribution in [1.29, 1.82) is 0 Å². The minimum atomic E-state index is -0.991. The summed E-state index contributed by atoms with van der Waals surface area (Å²) in [6.07, 6.45) is 7.32. The summed E-state index contributed by atoms with van der Waals surface area (Å²) in [6, 6.07) is -0.991. The Kier molecular flexibility index (Phi) is 5.16. The molecule has 9 heteroatoms. The van der Waals surface area contributed by atoms with E-state index >= 15 is 0 Å². The number of hydrogen-bond donors (Lipinski definition) is 1. The number of amides is 2. The van der Waals surface area contributed by atoms with Crippen molar-refractivity contribution in [3.8, 4) is 0 Å². The zero-order valence-electron chi connectivity index (χ0n) is 17.4. The van der Waals surface area contributed by atoms with Crippen molar-refractivity contribution >= 4 is 39.3 Å². The van der Waals surface area contributed by atoms with Crippen LogP contribution in [0.5, 0.6) is 0 Å². The van der Waals surface area contributed by atoms with Crippen molar-refractivity contribution in [2.24, 2.45) is 11.8 Å². The van der Waals surface area contributed by atoms with Gasteiger partial charge in [-0.1, -0.05) is 12.8 Å². The van der Waals surface area contributed by atoms with Crippen molar-refractivity contribution < 1.29 is 19.1 Å². The molecule has 8 nitrogen and oxygen atoms in total. The van der Waals surface area contributed by atoms with E-state index in [-0.39, 0.29) is 41.6 Å². The number of aromatic amines is 1. The molecule has 3 atom stereocenters. The third kappa shape index (κ3) is 3.39. The zero-order chi connectivity index (χ0) is 21.7. The molecule has 2 amide bonds. The molecule has 2 aromatic heterocycles. The van der Waals surface area contributed by atoms with Gasteiger partial charge < -0.3 is 9.72 Å². The second-order valence-corrected chi connectivity index (χ2v) is 9.81. The second kappa shape index (κ2) is 7.85. The molecule has 3 heterocycles. The monoisotopic (exact) mass is 443 g/mol. The fourth-order valence-corrected chi connectivity index (χ4v) is 6.49. The van der Waals surface area contributed by atoms with Crippen LogP contribution in [0.1, 0.15) is 61.7 Å². The molecular formula is C22H25N3O5S. The minimum Gasteiger partial charge on any atom is -0.456 e. The summed E-state index contributed by atoms with van der Waals surface area (Å²) in [4.78, 5) is 60.8. The number of nitrogens with zero attached hydrogens (tertiary/aromatic N) is 2. The first-order valence-corrected chi connectivity index (χ1v) is 11.8. The zero-order valence-corrected chi connectivity index (χ0v) is 18.3. The molecular weight excluding hydrogens is 418 g/mol. The average Bonchev–Trinajstić information content (AvgIpc) is 3.27. The molecule has 1 aliphatic heterocycles. The van der Waals surface area contributed by atoms with Gasteiger partial charge in [0, 0.05) is 4.88 Å². The van der Waals surface area contributed by atoms with E-state index in [0.717, 1.165) is 49.0 Å². The Bertz CT molecular complexity index is 1110. The smallest absolute Gasteiger partial charge is 0.329 e. The standard InChI is InChI=1S/C22H25N3O5S/c1-11(25-20(27)12-6-2-3-7-13(12)21(25)28)22(29)30-10-16-23-18(26)17-14-8-4-5-9-15(14)31-19(17)24-16/h11-13H,2-10H2,1H3,(H,23,24,26)/t11-,12-,13-/m1/s1. The molecule has 31 heavy (non-hydrogen) atoms. The number of ether oxygens (including phenoxy) is 1. The van der Waals surface area contributed by atoms with Crippen LogP contribution in [-0.4, -0.2) is 38.7 Å². The number of aryl methyl sites for hydroxylation is 2. The van der Waals surface area contributed by atoms with Crippen molar-refractivity contribution in [3.63, 3.8) is 0 Å². The third-order valence-electron chi connectivity index (χ3n) is 6.83. The van der Waals surface area contributed by atoms with Gasteiger partial charge >= 0.3 is 5.97 Å². The van der Waals surface area contributed by atoms with Crippen LogP contribution in [0.3, 0.4) is 0 Å². The summed E-state index contributed by atoms with van der Waals surface area (Å²) in [6.45, 7) is 1.31. The maximum absolute atomic E-state index is 12.7. The molecule has 0 spiro atoms. The van der Waals surface area contributed by atoms with Crippen LogP contribution in [0.4, 0.5) is 0 Å². The van der Waals surface area contributed by atoms with E-state index in [0.29, 0.717) is 23.1 Å². The number of nitrogens with one attached hydrogen (secondary N) is 1. The number of H-pyrrole nitrogens is 1. The van der Waals surface area contributed by atoms with Gasteiger partial charge in [-0.15, -0.1) is 11.3 Å². The van der Waals surface area contributed by atoms with E-state index in [1.165, 1.54) is 23.1 Å². The molecule has 0 aromatic carbocycles. The van der Waals surface area contributed by atoms with Crippen molar-refractivity contribution in [2.45, 2.75) is 70.9 Å². The Labute approximate surface area is 183 Å². The molecule has 0 unspecified atom stereocenters. The molecule has 1 saturated carbocycles. The summed E-state index contributed by atoms with van der Waals surface area (Å²) in [5, 5.41) is 0.652. The highest BCUT2D eigenvalue weighted by atomic mass is 32.1. The predicted octanol–water partition coefficient (Wildman–Crippen LogP) is 2.47. The summed E-state index contributed by atoms with van der Waals surface area (Å²) < 4.78 is 5.35. The molecule has 164 valence electrons. The highest BCUT2D eigenvalue weighted by Gasteiger charge is 2.51. The van der Waals surface area contributed by atoms with Gasteiger partial charge in [0.15, 0.2) is 0 Å². The lowest BCUT2D eigenvalue weighted by Gasteiger charge is -2.21. The number of hydrogen-bond acceptors (Lipinski definition) is 7. The van der Waals surface area contributed by atoms with Gasteiger partial charge in [-0.05, 0) is 51.0 Å². The molecule has 2 aliphatic carbocycles. The van der Waals surface area contributed by atoms with Gasteiger partial charge in [0.25, 0.3) is 5.56 Å². The minimum absolute atomic E-state index is 0.208. The summed E-state index contributed by atoms with van der Waals surface area (Å²) in [5.41, 5.74) is 0.891. The van der Waals surface area contributed by atoms with Gasteiger partial charge in [0.2, 0.25) is 11.8 Å². The van der Waals surface area contributed by atoms with E-state index in [4.69, 9.17) is 4.74 Å². The van der Waals surface area contributed by atoms with Gasteiger partial charge in [0.05, 0.1) is 17.2 Å². The van der Waals surface area contributed by atoms with Crippen molar-refractivity contribution in [2.75, 3.05) is 0 Å². The molecule has 3 aliphatic rings. The fourth-order valence-electron chi connectivity index (χ4n) is 5.21. The Morgan fingerprint density at radius 1 is 1.13 bits per heavy atom. The molecule has 1 saturated heterocycles. The first-order chi connectivity index (χ1) is 15.0. The molecule has 1 N–H and O–H groups in total. The van der Waals surface area contributed by atoms with Crippen LogP contribution < -0.4 is 5.56 Å². The second-order valence-electron chi connectivity index (χ2n) is 8.73. The first kappa shape index (κ1) is 20.4. The molecule has 2 fully saturated rings. The number of thiophene rings is 1. The third-order valence-corrected chi connectivity index (χ3v) is 8.01. The summed E-state index contributed by atoms with van der Waals surface area (Å²) >= 11 is 1.53. The molecule has 0 bridgehead atoms. The Morgan fingerprint density at radius 3 is 2.52 bits per heavy atom. The average molecular weight is 444 g/mol. The maximum atomic E-state index is 12.7. The van der Waals surface area contributed by atoms with Crippen molar-refractivity contribution in [3.05, 3.63) is 26.6 Å². The number of imide groups is 1. The predicted molar refractivity (Wildman–Crippen MR) is 113 cm³/mol. The number of rotatable bonds is 4. The van der Waals surface area contributed by atoms with Crippen LogP contribution >= 0.6 is 11.3 Å². The van der Waals surface area contributed by atoms with E-state index in [1.54, 1.807) is 0 Å². The van der Waals surface area contributed by atoms with Crippen LogP contribution in [0, 0.1) is 11.8 Å². The van der Waals surface area contributed by atoms with Crippen LogP contribution in [0.25, 0.3) is 10.2 Å². The fraction of sp³-hybridized carbons (Fsp3) is 0.591. The van der Waals surface area contributed by atoms with E-state index in [1.807, 2.05) is 0 Å². The number of aromatic nitrogens is 2. The van der Waals surface area contributed by atoms with Gasteiger partial charge in [-0.25, -0.2) is 9.78 Å². The summed E-state index contributed by atoms with van der Waals surface area (Å²) in [7, 11) is 0. The lowest BCUT2D eigenvalue weighted by molar-refractivity contribution is -0.159. The van der Waals surface area contributed by atoms with Crippen LogP contribution in [-0.2, 0) is 38.6 Å². The van der Waals surface area contributed by atoms with E-state index in [2.05, 4.69) is 9.97 Å².